The quantitative estimate of drug-likeness (QED) is 0.510. The lowest BCUT2D eigenvalue weighted by molar-refractivity contribution is 0.386. The number of methoxy groups -OCH3 is 1. The standard InChI is InChI=1S/C17H15FN2OS2/c1-21-13-6-5-10(7-12(13)18)8-22-16-15-11-3-2-4-14(11)23-17(15)20-9-19-16/h5-7,9H,2-4,8H2,1H3. The Bertz CT molecular complexity index is 878. The van der Waals surface area contributed by atoms with Gasteiger partial charge in [0, 0.05) is 16.0 Å². The first-order valence-electron chi connectivity index (χ1n) is 7.46. The summed E-state index contributed by atoms with van der Waals surface area (Å²) in [6, 6.07) is 5.09. The molecule has 0 atom stereocenters. The van der Waals surface area contributed by atoms with Gasteiger partial charge >= 0.3 is 0 Å². The molecule has 0 unspecified atom stereocenters. The fourth-order valence-corrected chi connectivity index (χ4v) is 5.22. The predicted octanol–water partition coefficient (Wildman–Crippen LogP) is 4.62. The second kappa shape index (κ2) is 6.09. The van der Waals surface area contributed by atoms with Crippen molar-refractivity contribution in [2.75, 3.05) is 7.11 Å². The van der Waals surface area contributed by atoms with Crippen LogP contribution in [0.5, 0.6) is 5.75 Å². The third kappa shape index (κ3) is 2.70. The highest BCUT2D eigenvalue weighted by atomic mass is 32.2. The minimum atomic E-state index is -0.324. The van der Waals surface area contributed by atoms with Crippen molar-refractivity contribution >= 4 is 33.3 Å². The van der Waals surface area contributed by atoms with E-state index in [1.54, 1.807) is 35.5 Å². The second-order valence-electron chi connectivity index (χ2n) is 5.47. The van der Waals surface area contributed by atoms with Gasteiger partial charge in [-0.15, -0.1) is 23.1 Å². The Morgan fingerprint density at radius 2 is 2.22 bits per heavy atom. The van der Waals surface area contributed by atoms with Crippen LogP contribution in [0, 0.1) is 5.82 Å². The molecule has 0 aliphatic heterocycles. The Morgan fingerprint density at radius 1 is 1.30 bits per heavy atom. The Morgan fingerprint density at radius 3 is 3.04 bits per heavy atom. The molecule has 0 saturated heterocycles. The molecule has 4 rings (SSSR count). The lowest BCUT2D eigenvalue weighted by Crippen LogP contribution is -1.91. The van der Waals surface area contributed by atoms with Crippen LogP contribution >= 0.6 is 23.1 Å². The summed E-state index contributed by atoms with van der Waals surface area (Å²) in [6.07, 6.45) is 5.13. The number of thiophene rings is 1. The van der Waals surface area contributed by atoms with Crippen molar-refractivity contribution in [1.29, 1.82) is 0 Å². The lowest BCUT2D eigenvalue weighted by atomic mass is 10.2. The zero-order chi connectivity index (χ0) is 15.8. The van der Waals surface area contributed by atoms with Crippen LogP contribution in [0.2, 0.25) is 0 Å². The van der Waals surface area contributed by atoms with Gasteiger partial charge in [0.15, 0.2) is 11.6 Å². The first-order chi connectivity index (χ1) is 11.3. The lowest BCUT2D eigenvalue weighted by Gasteiger charge is -2.06. The average molecular weight is 346 g/mol. The minimum absolute atomic E-state index is 0.277. The smallest absolute Gasteiger partial charge is 0.165 e. The first kappa shape index (κ1) is 14.9. The van der Waals surface area contributed by atoms with Crippen molar-refractivity contribution in [3.8, 4) is 5.75 Å². The number of halogens is 1. The van der Waals surface area contributed by atoms with Gasteiger partial charge in [0.25, 0.3) is 0 Å². The summed E-state index contributed by atoms with van der Waals surface area (Å²) in [6.45, 7) is 0. The topological polar surface area (TPSA) is 35.0 Å². The molecule has 1 aliphatic carbocycles. The van der Waals surface area contributed by atoms with Gasteiger partial charge in [-0.25, -0.2) is 14.4 Å². The highest BCUT2D eigenvalue weighted by Gasteiger charge is 2.21. The fraction of sp³-hybridized carbons (Fsp3) is 0.294. The largest absolute Gasteiger partial charge is 0.494 e. The van der Waals surface area contributed by atoms with Crippen LogP contribution in [0.25, 0.3) is 10.2 Å². The second-order valence-corrected chi connectivity index (χ2v) is 7.52. The number of nitrogens with zero attached hydrogens (tertiary/aromatic N) is 2. The number of ether oxygens (including phenoxy) is 1. The predicted molar refractivity (Wildman–Crippen MR) is 92.0 cm³/mol. The molecular weight excluding hydrogens is 331 g/mol. The van der Waals surface area contributed by atoms with Crippen molar-refractivity contribution in [1.82, 2.24) is 9.97 Å². The van der Waals surface area contributed by atoms with E-state index in [0.717, 1.165) is 28.3 Å². The van der Waals surface area contributed by atoms with Gasteiger partial charge in [-0.05, 0) is 42.5 Å². The summed E-state index contributed by atoms with van der Waals surface area (Å²) in [4.78, 5) is 11.4. The monoisotopic (exact) mass is 346 g/mol. The number of fused-ring (bicyclic) bond motifs is 3. The van der Waals surface area contributed by atoms with Crippen LogP contribution in [-0.2, 0) is 18.6 Å². The van der Waals surface area contributed by atoms with Gasteiger partial charge in [-0.3, -0.25) is 0 Å². The van der Waals surface area contributed by atoms with E-state index in [9.17, 15) is 4.39 Å². The maximum Gasteiger partial charge on any atom is 0.165 e. The number of hydrogen-bond donors (Lipinski definition) is 0. The van der Waals surface area contributed by atoms with Crippen LogP contribution in [0.4, 0.5) is 4.39 Å². The van der Waals surface area contributed by atoms with Crippen LogP contribution in [-0.4, -0.2) is 17.1 Å². The summed E-state index contributed by atoms with van der Waals surface area (Å²) >= 11 is 3.43. The van der Waals surface area contributed by atoms with Crippen molar-refractivity contribution in [3.05, 3.63) is 46.3 Å². The summed E-state index contributed by atoms with van der Waals surface area (Å²) in [5.74, 6) is 0.631. The molecule has 6 heteroatoms. The number of benzene rings is 1. The molecule has 23 heavy (non-hydrogen) atoms. The summed E-state index contributed by atoms with van der Waals surface area (Å²) < 4.78 is 18.8. The molecule has 1 aliphatic rings. The van der Waals surface area contributed by atoms with Crippen molar-refractivity contribution in [2.24, 2.45) is 0 Å². The maximum atomic E-state index is 13.8. The molecule has 3 aromatic rings. The molecular formula is C17H15FN2OS2. The highest BCUT2D eigenvalue weighted by molar-refractivity contribution is 7.98. The highest BCUT2D eigenvalue weighted by Crippen LogP contribution is 2.40. The van der Waals surface area contributed by atoms with E-state index < -0.39 is 0 Å². The van der Waals surface area contributed by atoms with Crippen LogP contribution in [0.1, 0.15) is 22.4 Å². The Labute approximate surface area is 141 Å². The molecule has 0 fully saturated rings. The third-order valence-corrected chi connectivity index (χ3v) is 6.32. The zero-order valence-corrected chi connectivity index (χ0v) is 14.3. The Kier molecular flexibility index (Phi) is 3.95. The summed E-state index contributed by atoms with van der Waals surface area (Å²) in [7, 11) is 1.47. The van der Waals surface area contributed by atoms with Gasteiger partial charge in [-0.2, -0.15) is 0 Å². The molecule has 0 saturated carbocycles. The third-order valence-electron chi connectivity index (χ3n) is 4.06. The number of aromatic nitrogens is 2. The van der Waals surface area contributed by atoms with Crippen LogP contribution in [0.3, 0.4) is 0 Å². The normalized spacial score (nSPS) is 13.5. The molecule has 0 radical (unpaired) electrons. The maximum absolute atomic E-state index is 13.8. The Balaban J connectivity index is 1.62. The van der Waals surface area contributed by atoms with Crippen molar-refractivity contribution < 1.29 is 9.13 Å². The van der Waals surface area contributed by atoms with Gasteiger partial charge in [-0.1, -0.05) is 6.07 Å². The fourth-order valence-electron chi connectivity index (χ4n) is 2.96. The van der Waals surface area contributed by atoms with Crippen molar-refractivity contribution in [2.45, 2.75) is 30.0 Å². The minimum Gasteiger partial charge on any atom is -0.494 e. The Hall–Kier alpha value is -1.66. The molecule has 2 heterocycles. The molecule has 0 N–H and O–H groups in total. The van der Waals surface area contributed by atoms with Gasteiger partial charge < -0.3 is 4.74 Å². The summed E-state index contributed by atoms with van der Waals surface area (Å²) in [5.41, 5.74) is 2.35. The number of thioether (sulfide) groups is 1. The first-order valence-corrected chi connectivity index (χ1v) is 9.27. The van der Waals surface area contributed by atoms with E-state index in [1.807, 2.05) is 6.07 Å². The van der Waals surface area contributed by atoms with Gasteiger partial charge in [0.05, 0.1) is 7.11 Å². The van der Waals surface area contributed by atoms with E-state index in [0.29, 0.717) is 5.75 Å². The van der Waals surface area contributed by atoms with E-state index in [1.165, 1.54) is 35.4 Å². The zero-order valence-electron chi connectivity index (χ0n) is 12.6. The van der Waals surface area contributed by atoms with E-state index >= 15 is 0 Å². The van der Waals surface area contributed by atoms with Gasteiger partial charge in [0.1, 0.15) is 16.2 Å². The molecule has 2 aromatic heterocycles. The number of hydrogen-bond acceptors (Lipinski definition) is 5. The van der Waals surface area contributed by atoms with E-state index in [4.69, 9.17) is 4.74 Å². The van der Waals surface area contributed by atoms with Crippen molar-refractivity contribution in [3.63, 3.8) is 0 Å². The molecule has 3 nitrogen and oxygen atoms in total. The molecule has 0 spiro atoms. The van der Waals surface area contributed by atoms with Crippen LogP contribution in [0.15, 0.2) is 29.6 Å². The molecule has 118 valence electrons. The van der Waals surface area contributed by atoms with Gasteiger partial charge in [0.2, 0.25) is 0 Å². The number of aryl methyl sites for hydroxylation is 2. The average Bonchev–Trinajstić information content (AvgIpc) is 3.13. The van der Waals surface area contributed by atoms with E-state index in [-0.39, 0.29) is 11.6 Å². The number of rotatable bonds is 4. The summed E-state index contributed by atoms with van der Waals surface area (Å²) in [5, 5.41) is 2.22. The molecule has 0 amide bonds. The molecule has 0 bridgehead atoms. The SMILES string of the molecule is COc1ccc(CSc2ncnc3sc4c(c23)CCC4)cc1F. The van der Waals surface area contributed by atoms with Crippen LogP contribution < -0.4 is 4.74 Å². The molecule has 1 aromatic carbocycles. The van der Waals surface area contributed by atoms with E-state index in [2.05, 4.69) is 9.97 Å².